The van der Waals surface area contributed by atoms with E-state index in [0.717, 1.165) is 25.2 Å². The third-order valence-corrected chi connectivity index (χ3v) is 4.56. The van der Waals surface area contributed by atoms with Gasteiger partial charge in [0.05, 0.1) is 23.6 Å². The summed E-state index contributed by atoms with van der Waals surface area (Å²) in [6.07, 6.45) is 2.81. The standard InChI is InChI=1S/C21H25N3O3/c1-3-23(4-2)16-19-11-6-5-10-18(19)15-22-21(25)14-13-17-9-7-8-12-20(17)24(26)27/h5-14H,3-4,15-16H2,1-2H3,(H,22,25)/p+1/b14-13+. The van der Waals surface area contributed by atoms with Gasteiger partial charge in [0.15, 0.2) is 0 Å². The average molecular weight is 368 g/mol. The van der Waals surface area contributed by atoms with Crippen molar-refractivity contribution in [1.82, 2.24) is 5.32 Å². The largest absolute Gasteiger partial charge is 0.348 e. The van der Waals surface area contributed by atoms with Crippen LogP contribution in [0.15, 0.2) is 54.6 Å². The molecule has 0 aliphatic heterocycles. The number of carbonyl (C=O) groups excluding carboxylic acids is 1. The number of benzene rings is 2. The zero-order chi connectivity index (χ0) is 19.6. The molecule has 0 saturated heterocycles. The molecule has 0 bridgehead atoms. The first-order valence-electron chi connectivity index (χ1n) is 9.14. The lowest BCUT2D eigenvalue weighted by molar-refractivity contribution is -0.910. The molecule has 0 saturated carbocycles. The fourth-order valence-corrected chi connectivity index (χ4v) is 2.87. The van der Waals surface area contributed by atoms with Gasteiger partial charge in [0.2, 0.25) is 5.91 Å². The molecule has 2 aromatic rings. The Morgan fingerprint density at radius 2 is 1.70 bits per heavy atom. The van der Waals surface area contributed by atoms with E-state index in [-0.39, 0.29) is 11.6 Å². The Hall–Kier alpha value is -2.99. The zero-order valence-electron chi connectivity index (χ0n) is 15.8. The van der Waals surface area contributed by atoms with E-state index in [2.05, 4.69) is 25.2 Å². The predicted octanol–water partition coefficient (Wildman–Crippen LogP) is 2.35. The van der Waals surface area contributed by atoms with Gasteiger partial charge in [-0.05, 0) is 31.6 Å². The van der Waals surface area contributed by atoms with Crippen LogP contribution in [0.4, 0.5) is 5.69 Å². The summed E-state index contributed by atoms with van der Waals surface area (Å²) in [6, 6.07) is 14.4. The van der Waals surface area contributed by atoms with Crippen LogP contribution in [-0.4, -0.2) is 23.9 Å². The number of para-hydroxylation sites is 1. The van der Waals surface area contributed by atoms with E-state index >= 15 is 0 Å². The molecule has 0 spiro atoms. The van der Waals surface area contributed by atoms with E-state index in [0.29, 0.717) is 12.1 Å². The molecule has 0 heterocycles. The van der Waals surface area contributed by atoms with Crippen LogP contribution in [0.2, 0.25) is 0 Å². The molecule has 142 valence electrons. The highest BCUT2D eigenvalue weighted by molar-refractivity contribution is 5.92. The molecule has 0 aliphatic rings. The van der Waals surface area contributed by atoms with Gasteiger partial charge in [-0.1, -0.05) is 36.4 Å². The van der Waals surface area contributed by atoms with Gasteiger partial charge >= 0.3 is 0 Å². The molecule has 0 aliphatic carbocycles. The molecule has 6 nitrogen and oxygen atoms in total. The number of nitro groups is 1. The van der Waals surface area contributed by atoms with Crippen molar-refractivity contribution < 1.29 is 14.6 Å². The number of hydrogen-bond acceptors (Lipinski definition) is 3. The predicted molar refractivity (Wildman–Crippen MR) is 106 cm³/mol. The van der Waals surface area contributed by atoms with Crippen molar-refractivity contribution in [1.29, 1.82) is 0 Å². The van der Waals surface area contributed by atoms with Crippen LogP contribution in [0.1, 0.15) is 30.5 Å². The highest BCUT2D eigenvalue weighted by Gasteiger charge is 2.11. The Morgan fingerprint density at radius 1 is 1.07 bits per heavy atom. The maximum absolute atomic E-state index is 12.1. The van der Waals surface area contributed by atoms with Crippen molar-refractivity contribution in [2.24, 2.45) is 0 Å². The minimum absolute atomic E-state index is 0.0194. The van der Waals surface area contributed by atoms with Crippen LogP contribution >= 0.6 is 0 Å². The number of amides is 1. The van der Waals surface area contributed by atoms with E-state index in [9.17, 15) is 14.9 Å². The average Bonchev–Trinajstić information content (AvgIpc) is 2.69. The molecule has 1 amide bonds. The first kappa shape index (κ1) is 20.3. The minimum atomic E-state index is -0.455. The summed E-state index contributed by atoms with van der Waals surface area (Å²) in [5, 5.41) is 13.9. The summed E-state index contributed by atoms with van der Waals surface area (Å²) in [5.74, 6) is -0.279. The van der Waals surface area contributed by atoms with Gasteiger partial charge in [0.25, 0.3) is 5.69 Å². The fraction of sp³-hybridized carbons (Fsp3) is 0.286. The zero-order valence-corrected chi connectivity index (χ0v) is 15.8. The smallest absolute Gasteiger partial charge is 0.276 e. The second-order valence-corrected chi connectivity index (χ2v) is 6.27. The van der Waals surface area contributed by atoms with Gasteiger partial charge in [0, 0.05) is 24.3 Å². The van der Waals surface area contributed by atoms with E-state index in [4.69, 9.17) is 0 Å². The first-order valence-corrected chi connectivity index (χ1v) is 9.14. The molecule has 2 rings (SSSR count). The molecule has 0 unspecified atom stereocenters. The fourth-order valence-electron chi connectivity index (χ4n) is 2.87. The molecular weight excluding hydrogens is 342 g/mol. The van der Waals surface area contributed by atoms with Crippen LogP contribution in [0.5, 0.6) is 0 Å². The van der Waals surface area contributed by atoms with Gasteiger partial charge in [-0.3, -0.25) is 14.9 Å². The number of carbonyl (C=O) groups is 1. The molecule has 0 fully saturated rings. The van der Waals surface area contributed by atoms with Gasteiger partial charge in [-0.2, -0.15) is 0 Å². The van der Waals surface area contributed by atoms with Gasteiger partial charge in [0.1, 0.15) is 6.54 Å². The molecule has 0 atom stereocenters. The van der Waals surface area contributed by atoms with Crippen LogP contribution in [0.25, 0.3) is 6.08 Å². The Kier molecular flexibility index (Phi) is 7.70. The van der Waals surface area contributed by atoms with Crippen LogP contribution in [-0.2, 0) is 17.9 Å². The monoisotopic (exact) mass is 368 g/mol. The molecule has 2 aromatic carbocycles. The van der Waals surface area contributed by atoms with Crippen molar-refractivity contribution in [2.75, 3.05) is 13.1 Å². The summed E-state index contributed by atoms with van der Waals surface area (Å²) < 4.78 is 0. The van der Waals surface area contributed by atoms with Gasteiger partial charge in [-0.15, -0.1) is 0 Å². The number of quaternary nitrogens is 1. The van der Waals surface area contributed by atoms with Crippen molar-refractivity contribution in [2.45, 2.75) is 26.9 Å². The number of nitro benzene ring substituents is 1. The third kappa shape index (κ3) is 6.04. The number of hydrogen-bond donors (Lipinski definition) is 2. The summed E-state index contributed by atoms with van der Waals surface area (Å²) in [4.78, 5) is 24.2. The van der Waals surface area contributed by atoms with Crippen molar-refractivity contribution >= 4 is 17.7 Å². The van der Waals surface area contributed by atoms with Crippen molar-refractivity contribution in [3.05, 3.63) is 81.4 Å². The third-order valence-electron chi connectivity index (χ3n) is 4.56. The van der Waals surface area contributed by atoms with Crippen molar-refractivity contribution in [3.63, 3.8) is 0 Å². The topological polar surface area (TPSA) is 76.7 Å². The molecule has 2 N–H and O–H groups in total. The summed E-state index contributed by atoms with van der Waals surface area (Å²) in [5.41, 5.74) is 2.70. The Balaban J connectivity index is 2.01. The van der Waals surface area contributed by atoms with E-state index in [1.54, 1.807) is 18.2 Å². The summed E-state index contributed by atoms with van der Waals surface area (Å²) >= 11 is 0. The van der Waals surface area contributed by atoms with Crippen LogP contribution in [0, 0.1) is 10.1 Å². The van der Waals surface area contributed by atoms with Gasteiger partial charge in [-0.25, -0.2) is 0 Å². The second-order valence-electron chi connectivity index (χ2n) is 6.27. The lowest BCUT2D eigenvalue weighted by Gasteiger charge is -2.17. The first-order chi connectivity index (χ1) is 13.0. The Labute approximate surface area is 159 Å². The highest BCUT2D eigenvalue weighted by atomic mass is 16.6. The lowest BCUT2D eigenvalue weighted by atomic mass is 10.1. The SMILES string of the molecule is CC[NH+](CC)Cc1ccccc1CNC(=O)/C=C/c1ccccc1[N+](=O)[O-]. The minimum Gasteiger partial charge on any atom is -0.348 e. The number of nitrogens with zero attached hydrogens (tertiary/aromatic N) is 1. The summed E-state index contributed by atoms with van der Waals surface area (Å²) in [6.45, 7) is 7.78. The number of rotatable bonds is 9. The van der Waals surface area contributed by atoms with Gasteiger partial charge < -0.3 is 10.2 Å². The van der Waals surface area contributed by atoms with Crippen molar-refractivity contribution in [3.8, 4) is 0 Å². The van der Waals surface area contributed by atoms with Crippen LogP contribution in [0.3, 0.4) is 0 Å². The summed E-state index contributed by atoms with van der Waals surface area (Å²) in [7, 11) is 0. The Bertz CT molecular complexity index is 814. The molecule has 6 heteroatoms. The molecule has 0 radical (unpaired) electrons. The second kappa shape index (κ2) is 10.2. The quantitative estimate of drug-likeness (QED) is 0.405. The van der Waals surface area contributed by atoms with E-state index in [1.807, 2.05) is 18.2 Å². The molecule has 27 heavy (non-hydrogen) atoms. The molecular formula is C21H26N3O3+. The Morgan fingerprint density at radius 3 is 2.37 bits per heavy atom. The maximum Gasteiger partial charge on any atom is 0.276 e. The van der Waals surface area contributed by atoms with E-state index in [1.165, 1.54) is 28.7 Å². The normalized spacial score (nSPS) is 11.1. The molecule has 0 aromatic heterocycles. The maximum atomic E-state index is 12.1. The van der Waals surface area contributed by atoms with Crippen LogP contribution < -0.4 is 10.2 Å². The number of nitrogens with one attached hydrogen (secondary N) is 2. The van der Waals surface area contributed by atoms with E-state index < -0.39 is 4.92 Å². The highest BCUT2D eigenvalue weighted by Crippen LogP contribution is 2.18. The lowest BCUT2D eigenvalue weighted by Crippen LogP contribution is -3.10.